The van der Waals surface area contributed by atoms with Gasteiger partial charge in [-0.25, -0.2) is 5.43 Å². The summed E-state index contributed by atoms with van der Waals surface area (Å²) in [6.45, 7) is 4.83. The van der Waals surface area contributed by atoms with E-state index >= 15 is 0 Å². The highest BCUT2D eigenvalue weighted by molar-refractivity contribution is 6.31. The van der Waals surface area contributed by atoms with E-state index in [1.165, 1.54) is 0 Å². The van der Waals surface area contributed by atoms with Gasteiger partial charge in [-0.2, -0.15) is 0 Å². The van der Waals surface area contributed by atoms with Gasteiger partial charge in [0.15, 0.2) is 11.5 Å². The van der Waals surface area contributed by atoms with Crippen molar-refractivity contribution in [1.82, 2.24) is 10.9 Å². The molecule has 1 aromatic carbocycles. The maximum absolute atomic E-state index is 11.6. The van der Waals surface area contributed by atoms with Crippen molar-refractivity contribution in [2.45, 2.75) is 33.2 Å². The lowest BCUT2D eigenvalue weighted by atomic mass is 10.1. The van der Waals surface area contributed by atoms with Crippen LogP contribution in [0.2, 0.25) is 5.02 Å². The van der Waals surface area contributed by atoms with Crippen LogP contribution in [0.5, 0.6) is 11.5 Å². The number of nitrogens with one attached hydrogen (secondary N) is 2. The average Bonchev–Trinajstić information content (AvgIpc) is 2.83. The number of hydrogen-bond donors (Lipinski definition) is 2. The van der Waals surface area contributed by atoms with E-state index in [0.29, 0.717) is 35.4 Å². The van der Waals surface area contributed by atoms with Gasteiger partial charge in [-0.3, -0.25) is 10.2 Å². The van der Waals surface area contributed by atoms with E-state index in [1.54, 1.807) is 6.07 Å². The summed E-state index contributed by atoms with van der Waals surface area (Å²) < 4.78 is 10.5. The van der Waals surface area contributed by atoms with Gasteiger partial charge in [-0.05, 0) is 24.0 Å². The van der Waals surface area contributed by atoms with Crippen molar-refractivity contribution in [2.75, 3.05) is 6.79 Å². The Balaban J connectivity index is 1.81. The summed E-state index contributed by atoms with van der Waals surface area (Å²) in [6.07, 6.45) is 1.39. The minimum atomic E-state index is -0.0180. The molecule has 0 bridgehead atoms. The number of carbonyl (C=O) groups is 1. The van der Waals surface area contributed by atoms with Gasteiger partial charge in [0.1, 0.15) is 0 Å². The number of halogens is 1. The number of rotatable bonds is 6. The zero-order chi connectivity index (χ0) is 14.5. The second kappa shape index (κ2) is 6.81. The maximum atomic E-state index is 11.6. The topological polar surface area (TPSA) is 59.6 Å². The van der Waals surface area contributed by atoms with Crippen LogP contribution in [0.25, 0.3) is 0 Å². The summed E-state index contributed by atoms with van der Waals surface area (Å²) in [5.74, 6) is 1.83. The van der Waals surface area contributed by atoms with Gasteiger partial charge < -0.3 is 9.47 Å². The van der Waals surface area contributed by atoms with Crippen molar-refractivity contribution in [2.24, 2.45) is 5.92 Å². The molecule has 0 atom stereocenters. The highest BCUT2D eigenvalue weighted by atomic mass is 35.5. The largest absolute Gasteiger partial charge is 0.454 e. The van der Waals surface area contributed by atoms with Crippen LogP contribution in [0, 0.1) is 5.92 Å². The van der Waals surface area contributed by atoms with Crippen molar-refractivity contribution in [3.63, 3.8) is 0 Å². The number of hydrogen-bond acceptors (Lipinski definition) is 4. The summed E-state index contributed by atoms with van der Waals surface area (Å²) in [6, 6.07) is 3.54. The Hall–Kier alpha value is -1.46. The molecule has 0 unspecified atom stereocenters. The Morgan fingerprint density at radius 3 is 2.75 bits per heavy atom. The summed E-state index contributed by atoms with van der Waals surface area (Å²) in [4.78, 5) is 11.6. The molecule has 1 aliphatic rings. The smallest absolute Gasteiger partial charge is 0.234 e. The maximum Gasteiger partial charge on any atom is 0.234 e. The van der Waals surface area contributed by atoms with Gasteiger partial charge in [0, 0.05) is 24.1 Å². The third-order valence-electron chi connectivity index (χ3n) is 3.00. The second-order valence-electron chi connectivity index (χ2n) is 5.13. The summed E-state index contributed by atoms with van der Waals surface area (Å²) in [5, 5.41) is 0.582. The minimum Gasteiger partial charge on any atom is -0.454 e. The number of hydrazine groups is 1. The Kier molecular flexibility index (Phi) is 5.09. The molecule has 0 fully saturated rings. The van der Waals surface area contributed by atoms with E-state index in [0.717, 1.165) is 12.0 Å². The number of fused-ring (bicyclic) bond motifs is 1. The molecule has 2 rings (SSSR count). The fourth-order valence-electron chi connectivity index (χ4n) is 1.82. The molecule has 110 valence electrons. The molecular formula is C14H19ClN2O3. The van der Waals surface area contributed by atoms with Gasteiger partial charge in [0.05, 0.1) is 0 Å². The highest BCUT2D eigenvalue weighted by Crippen LogP contribution is 2.36. The first-order valence-electron chi connectivity index (χ1n) is 6.66. The van der Waals surface area contributed by atoms with E-state index in [2.05, 4.69) is 24.7 Å². The first kappa shape index (κ1) is 14.9. The minimum absolute atomic E-state index is 0.0180. The third-order valence-corrected chi connectivity index (χ3v) is 3.35. The van der Waals surface area contributed by atoms with Gasteiger partial charge in [-0.1, -0.05) is 25.4 Å². The van der Waals surface area contributed by atoms with Gasteiger partial charge in [0.2, 0.25) is 12.7 Å². The van der Waals surface area contributed by atoms with E-state index in [-0.39, 0.29) is 12.7 Å². The van der Waals surface area contributed by atoms with Gasteiger partial charge >= 0.3 is 0 Å². The lowest BCUT2D eigenvalue weighted by Gasteiger charge is -2.10. The monoisotopic (exact) mass is 298 g/mol. The van der Waals surface area contributed by atoms with Gasteiger partial charge in [0.25, 0.3) is 0 Å². The predicted molar refractivity (Wildman–Crippen MR) is 76.6 cm³/mol. The molecule has 6 heteroatoms. The number of amides is 1. The molecule has 5 nitrogen and oxygen atoms in total. The molecule has 0 saturated carbocycles. The number of benzene rings is 1. The van der Waals surface area contributed by atoms with Crippen LogP contribution in [0.3, 0.4) is 0 Å². The Labute approximate surface area is 123 Å². The second-order valence-corrected chi connectivity index (χ2v) is 5.54. The Bertz CT molecular complexity index is 492. The molecule has 0 spiro atoms. The van der Waals surface area contributed by atoms with E-state index in [9.17, 15) is 4.79 Å². The van der Waals surface area contributed by atoms with Crippen LogP contribution in [0.4, 0.5) is 0 Å². The lowest BCUT2D eigenvalue weighted by Crippen LogP contribution is -2.36. The Morgan fingerprint density at radius 1 is 1.35 bits per heavy atom. The average molecular weight is 299 g/mol. The summed E-state index contributed by atoms with van der Waals surface area (Å²) in [5.41, 5.74) is 6.39. The Morgan fingerprint density at radius 2 is 2.05 bits per heavy atom. The molecule has 0 saturated heterocycles. The van der Waals surface area contributed by atoms with E-state index in [4.69, 9.17) is 21.1 Å². The normalized spacial score (nSPS) is 12.8. The van der Waals surface area contributed by atoms with Crippen molar-refractivity contribution in [3.05, 3.63) is 22.7 Å². The highest BCUT2D eigenvalue weighted by Gasteiger charge is 2.16. The van der Waals surface area contributed by atoms with Crippen LogP contribution >= 0.6 is 11.6 Å². The molecule has 0 aliphatic carbocycles. The molecule has 0 radical (unpaired) electrons. The first-order chi connectivity index (χ1) is 9.56. The summed E-state index contributed by atoms with van der Waals surface area (Å²) in [7, 11) is 0. The first-order valence-corrected chi connectivity index (χ1v) is 7.03. The van der Waals surface area contributed by atoms with E-state index < -0.39 is 0 Å². The number of carbonyl (C=O) groups excluding carboxylic acids is 1. The SMILES string of the molecule is CC(C)CCC(=O)NNCc1cc2c(cc1Cl)OCO2. The van der Waals surface area contributed by atoms with Crippen LogP contribution in [0.1, 0.15) is 32.3 Å². The predicted octanol–water partition coefficient (Wildman–Crippen LogP) is 2.63. The quantitative estimate of drug-likeness (QED) is 0.793. The molecule has 0 aromatic heterocycles. The van der Waals surface area contributed by atoms with Crippen molar-refractivity contribution >= 4 is 17.5 Å². The van der Waals surface area contributed by atoms with E-state index in [1.807, 2.05) is 6.07 Å². The van der Waals surface area contributed by atoms with Crippen molar-refractivity contribution < 1.29 is 14.3 Å². The zero-order valence-corrected chi connectivity index (χ0v) is 12.4. The van der Waals surface area contributed by atoms with Crippen LogP contribution in [0.15, 0.2) is 12.1 Å². The van der Waals surface area contributed by atoms with Crippen molar-refractivity contribution in [1.29, 1.82) is 0 Å². The molecule has 1 heterocycles. The fourth-order valence-corrected chi connectivity index (χ4v) is 2.04. The van der Waals surface area contributed by atoms with Gasteiger partial charge in [-0.15, -0.1) is 0 Å². The lowest BCUT2D eigenvalue weighted by molar-refractivity contribution is -0.122. The summed E-state index contributed by atoms with van der Waals surface area (Å²) >= 11 is 6.14. The van der Waals surface area contributed by atoms with Crippen LogP contribution < -0.4 is 20.3 Å². The van der Waals surface area contributed by atoms with Crippen LogP contribution in [-0.4, -0.2) is 12.7 Å². The van der Waals surface area contributed by atoms with Crippen LogP contribution in [-0.2, 0) is 11.3 Å². The standard InChI is InChI=1S/C14H19ClN2O3/c1-9(2)3-4-14(18)17-16-7-10-5-12-13(6-11(10)15)20-8-19-12/h5-6,9,16H,3-4,7-8H2,1-2H3,(H,17,18). The molecule has 2 N–H and O–H groups in total. The molecule has 20 heavy (non-hydrogen) atoms. The fraction of sp³-hybridized carbons (Fsp3) is 0.500. The molecule has 1 aromatic rings. The third kappa shape index (κ3) is 4.02. The number of ether oxygens (including phenoxy) is 2. The molecule has 1 amide bonds. The molecular weight excluding hydrogens is 280 g/mol. The molecule has 1 aliphatic heterocycles. The zero-order valence-electron chi connectivity index (χ0n) is 11.7. The van der Waals surface area contributed by atoms with Crippen molar-refractivity contribution in [3.8, 4) is 11.5 Å².